The Morgan fingerprint density at radius 1 is 1.42 bits per heavy atom. The van der Waals surface area contributed by atoms with Crippen molar-refractivity contribution in [2.24, 2.45) is 10.8 Å². The molecule has 0 spiro atoms. The second kappa shape index (κ2) is 6.72. The third-order valence-corrected chi connectivity index (χ3v) is 2.85. The molecular weight excluding hydrogens is 250 g/mol. The highest BCUT2D eigenvalue weighted by molar-refractivity contribution is 6.16. The molecule has 0 saturated carbocycles. The van der Waals surface area contributed by atoms with Crippen molar-refractivity contribution in [2.75, 3.05) is 0 Å². The van der Waals surface area contributed by atoms with E-state index in [2.05, 4.69) is 22.7 Å². The molecule has 1 heterocycles. The van der Waals surface area contributed by atoms with Crippen molar-refractivity contribution >= 4 is 24.2 Å². The third kappa shape index (κ3) is 4.23. The number of hydrazone groups is 1. The number of hydrogen-bond donors (Lipinski definition) is 4. The molecule has 0 aliphatic carbocycles. The normalized spacial score (nSPS) is 22.4. The van der Waals surface area contributed by atoms with Crippen LogP contribution in [0.25, 0.3) is 0 Å². The Balaban J connectivity index is 2.68. The number of rotatable bonds is 7. The van der Waals surface area contributed by atoms with E-state index in [0.29, 0.717) is 6.42 Å². The summed E-state index contributed by atoms with van der Waals surface area (Å²) in [6.45, 7) is 2.08. The van der Waals surface area contributed by atoms with Crippen LogP contribution < -0.4 is 21.8 Å². The van der Waals surface area contributed by atoms with Gasteiger partial charge in [-0.15, -0.1) is 0 Å². The van der Waals surface area contributed by atoms with Crippen LogP contribution in [0, 0.1) is 0 Å². The van der Waals surface area contributed by atoms with Crippen molar-refractivity contribution in [2.45, 2.75) is 44.6 Å². The quantitative estimate of drug-likeness (QED) is 0.228. The zero-order chi connectivity index (χ0) is 14.3. The first-order chi connectivity index (χ1) is 9.00. The van der Waals surface area contributed by atoms with Gasteiger partial charge in [-0.3, -0.25) is 10.1 Å². The van der Waals surface area contributed by atoms with Crippen LogP contribution in [0.2, 0.25) is 0 Å². The Morgan fingerprint density at radius 3 is 2.68 bits per heavy atom. The van der Waals surface area contributed by atoms with Crippen LogP contribution in [0.1, 0.15) is 39.0 Å². The number of amides is 5. The Labute approximate surface area is 111 Å². The molecule has 0 bridgehead atoms. The summed E-state index contributed by atoms with van der Waals surface area (Å²) in [5, 5.41) is 8.27. The Morgan fingerprint density at radius 2 is 2.16 bits per heavy atom. The van der Waals surface area contributed by atoms with Gasteiger partial charge < -0.3 is 11.1 Å². The van der Waals surface area contributed by atoms with Crippen LogP contribution in [0.3, 0.4) is 0 Å². The number of carbonyl (C=O) groups is 3. The maximum Gasteiger partial charge on any atom is 0.332 e. The van der Waals surface area contributed by atoms with Gasteiger partial charge in [-0.1, -0.05) is 32.6 Å². The van der Waals surface area contributed by atoms with Gasteiger partial charge in [-0.05, 0) is 6.42 Å². The van der Waals surface area contributed by atoms with Crippen LogP contribution in [0.15, 0.2) is 5.10 Å². The Kier molecular flexibility index (Phi) is 5.28. The standard InChI is InChI=1S/C11H19N5O3/c1-2-3-4-5-6-11(7-13-16-9(12)18)8(17)14-10(19)15-11/h7H,2-6H2,1H3,(H3,12,16,18)(H2,14,15,17,19)/b13-7-/t11-/m0/s1. The summed E-state index contributed by atoms with van der Waals surface area (Å²) in [6.07, 6.45) is 5.49. The lowest BCUT2D eigenvalue weighted by Gasteiger charge is -2.20. The molecule has 0 radical (unpaired) electrons. The predicted molar refractivity (Wildman–Crippen MR) is 69.4 cm³/mol. The van der Waals surface area contributed by atoms with E-state index in [1.165, 1.54) is 6.21 Å². The van der Waals surface area contributed by atoms with Crippen molar-refractivity contribution in [1.82, 2.24) is 16.1 Å². The van der Waals surface area contributed by atoms with E-state index >= 15 is 0 Å². The third-order valence-electron chi connectivity index (χ3n) is 2.85. The number of nitrogens with one attached hydrogen (secondary N) is 3. The topological polar surface area (TPSA) is 126 Å². The van der Waals surface area contributed by atoms with Gasteiger partial charge in [0, 0.05) is 0 Å². The molecule has 5 N–H and O–H groups in total. The second-order valence-electron chi connectivity index (χ2n) is 4.42. The molecule has 0 aromatic rings. The summed E-state index contributed by atoms with van der Waals surface area (Å²) in [5.41, 5.74) is 5.68. The van der Waals surface area contributed by atoms with E-state index in [1.54, 1.807) is 0 Å². The molecule has 0 aromatic carbocycles. The van der Waals surface area contributed by atoms with Crippen molar-refractivity contribution < 1.29 is 14.4 Å². The number of unbranched alkanes of at least 4 members (excludes halogenated alkanes) is 3. The number of hydrogen-bond acceptors (Lipinski definition) is 4. The summed E-state index contributed by atoms with van der Waals surface area (Å²) in [4.78, 5) is 33.6. The monoisotopic (exact) mass is 269 g/mol. The highest BCUT2D eigenvalue weighted by Gasteiger charge is 2.44. The lowest BCUT2D eigenvalue weighted by Crippen LogP contribution is -2.49. The van der Waals surface area contributed by atoms with Gasteiger partial charge in [-0.25, -0.2) is 15.0 Å². The lowest BCUT2D eigenvalue weighted by atomic mass is 9.93. The zero-order valence-corrected chi connectivity index (χ0v) is 10.9. The minimum absolute atomic E-state index is 0.425. The van der Waals surface area contributed by atoms with Gasteiger partial charge in [0.15, 0.2) is 5.54 Å². The van der Waals surface area contributed by atoms with E-state index in [1.807, 2.05) is 5.43 Å². The molecule has 5 amide bonds. The van der Waals surface area contributed by atoms with E-state index in [0.717, 1.165) is 25.7 Å². The van der Waals surface area contributed by atoms with E-state index in [-0.39, 0.29) is 0 Å². The molecule has 1 atom stereocenters. The summed E-state index contributed by atoms with van der Waals surface area (Å²) in [6, 6.07) is -1.40. The SMILES string of the molecule is CCCCCC[C@@]1(/C=N\NC(N)=O)NC(=O)NC1=O. The average Bonchev–Trinajstić information content (AvgIpc) is 2.60. The maximum absolute atomic E-state index is 11.8. The first-order valence-corrected chi connectivity index (χ1v) is 6.23. The molecule has 1 aliphatic rings. The van der Waals surface area contributed by atoms with E-state index < -0.39 is 23.5 Å². The van der Waals surface area contributed by atoms with Gasteiger partial charge in [0.05, 0.1) is 6.21 Å². The van der Waals surface area contributed by atoms with Crippen LogP contribution in [-0.2, 0) is 4.79 Å². The van der Waals surface area contributed by atoms with Crippen LogP contribution in [0.4, 0.5) is 9.59 Å². The Bertz CT molecular complexity index is 396. The number of urea groups is 2. The fourth-order valence-electron chi connectivity index (χ4n) is 1.87. The van der Waals surface area contributed by atoms with Crippen molar-refractivity contribution in [3.8, 4) is 0 Å². The highest BCUT2D eigenvalue weighted by Crippen LogP contribution is 2.18. The van der Waals surface area contributed by atoms with E-state index in [9.17, 15) is 14.4 Å². The lowest BCUT2D eigenvalue weighted by molar-refractivity contribution is -0.121. The Hall–Kier alpha value is -2.12. The van der Waals surface area contributed by atoms with Gasteiger partial charge in [-0.2, -0.15) is 5.10 Å². The van der Waals surface area contributed by atoms with Gasteiger partial charge in [0.2, 0.25) is 0 Å². The highest BCUT2D eigenvalue weighted by atomic mass is 16.2. The molecule has 8 nitrogen and oxygen atoms in total. The molecule has 0 aromatic heterocycles. The molecule has 19 heavy (non-hydrogen) atoms. The zero-order valence-electron chi connectivity index (χ0n) is 10.9. The summed E-state index contributed by atoms with van der Waals surface area (Å²) in [5.74, 6) is -0.469. The fourth-order valence-corrected chi connectivity index (χ4v) is 1.87. The fraction of sp³-hybridized carbons (Fsp3) is 0.636. The summed E-state index contributed by atoms with van der Waals surface area (Å²) < 4.78 is 0. The summed E-state index contributed by atoms with van der Waals surface area (Å²) >= 11 is 0. The number of nitrogens with two attached hydrogens (primary N) is 1. The minimum atomic E-state index is -1.20. The molecule has 0 unspecified atom stereocenters. The first-order valence-electron chi connectivity index (χ1n) is 6.23. The molecule has 1 rings (SSSR count). The number of primary amides is 1. The molecule has 1 aliphatic heterocycles. The smallest absolute Gasteiger partial charge is 0.332 e. The predicted octanol–water partition coefficient (Wildman–Crippen LogP) is 0.189. The van der Waals surface area contributed by atoms with Crippen LogP contribution in [-0.4, -0.2) is 29.7 Å². The van der Waals surface area contributed by atoms with Crippen molar-refractivity contribution in [1.29, 1.82) is 0 Å². The maximum atomic E-state index is 11.8. The van der Waals surface area contributed by atoms with Crippen LogP contribution in [0.5, 0.6) is 0 Å². The molecule has 1 fully saturated rings. The van der Waals surface area contributed by atoms with Gasteiger partial charge in [0.25, 0.3) is 5.91 Å². The number of nitrogens with zero attached hydrogens (tertiary/aromatic N) is 1. The minimum Gasteiger partial charge on any atom is -0.350 e. The molecular formula is C11H19N5O3. The van der Waals surface area contributed by atoms with E-state index in [4.69, 9.17) is 5.73 Å². The van der Waals surface area contributed by atoms with Crippen molar-refractivity contribution in [3.05, 3.63) is 0 Å². The van der Waals surface area contributed by atoms with Gasteiger partial charge >= 0.3 is 12.1 Å². The first kappa shape index (κ1) is 14.9. The second-order valence-corrected chi connectivity index (χ2v) is 4.42. The van der Waals surface area contributed by atoms with Crippen LogP contribution >= 0.6 is 0 Å². The molecule has 8 heteroatoms. The number of imide groups is 1. The largest absolute Gasteiger partial charge is 0.350 e. The number of carbonyl (C=O) groups excluding carboxylic acids is 3. The molecule has 1 saturated heterocycles. The summed E-state index contributed by atoms with van der Waals surface area (Å²) in [7, 11) is 0. The average molecular weight is 269 g/mol. The molecule has 106 valence electrons. The van der Waals surface area contributed by atoms with Gasteiger partial charge in [0.1, 0.15) is 0 Å². The van der Waals surface area contributed by atoms with Crippen molar-refractivity contribution in [3.63, 3.8) is 0 Å².